The maximum Gasteiger partial charge on any atom is 0.289 e. The number of nitrogens with one attached hydrogen (secondary N) is 1. The highest BCUT2D eigenvalue weighted by Crippen LogP contribution is 2.34. The van der Waals surface area contributed by atoms with Crippen LogP contribution in [0.2, 0.25) is 0 Å². The van der Waals surface area contributed by atoms with Gasteiger partial charge in [0.1, 0.15) is 0 Å². The number of rotatable bonds is 4. The number of sulfonamides is 1. The van der Waals surface area contributed by atoms with Crippen molar-refractivity contribution in [2.75, 3.05) is 32.5 Å². The fourth-order valence-electron chi connectivity index (χ4n) is 3.45. The number of aryl methyl sites for hydroxylation is 1. The summed E-state index contributed by atoms with van der Waals surface area (Å²) in [5.74, 6) is 0.849. The number of piperidine rings is 1. The van der Waals surface area contributed by atoms with Gasteiger partial charge in [0, 0.05) is 31.1 Å². The molecule has 0 unspecified atom stereocenters. The highest BCUT2D eigenvalue weighted by molar-refractivity contribution is 7.88. The molecule has 0 saturated carbocycles. The Morgan fingerprint density at radius 3 is 2.91 bits per heavy atom. The fraction of sp³-hybridized carbons (Fsp3) is 0.667. The molecule has 2 aliphatic heterocycles. The molecular formula is C15H22N2O5S. The number of carbonyl (C=O) groups excluding carboxylic acids is 1. The first kappa shape index (κ1) is 16.5. The van der Waals surface area contributed by atoms with Crippen molar-refractivity contribution < 1.29 is 22.4 Å². The molecule has 8 heteroatoms. The van der Waals surface area contributed by atoms with E-state index < -0.39 is 10.0 Å². The van der Waals surface area contributed by atoms with Gasteiger partial charge in [-0.2, -0.15) is 0 Å². The first-order chi connectivity index (χ1) is 10.8. The van der Waals surface area contributed by atoms with E-state index in [0.29, 0.717) is 32.0 Å². The lowest BCUT2D eigenvalue weighted by atomic mass is 9.84. The van der Waals surface area contributed by atoms with Crippen molar-refractivity contribution in [3.05, 3.63) is 23.7 Å². The van der Waals surface area contributed by atoms with E-state index in [4.69, 9.17) is 9.15 Å². The lowest BCUT2D eigenvalue weighted by Gasteiger charge is -2.35. The summed E-state index contributed by atoms with van der Waals surface area (Å²) < 4.78 is 36.0. The van der Waals surface area contributed by atoms with Crippen LogP contribution in [0.1, 0.15) is 22.5 Å². The van der Waals surface area contributed by atoms with E-state index in [9.17, 15) is 13.2 Å². The van der Waals surface area contributed by atoms with E-state index >= 15 is 0 Å². The quantitative estimate of drug-likeness (QED) is 0.866. The molecule has 23 heavy (non-hydrogen) atoms. The largest absolute Gasteiger partial charge is 0.459 e. The maximum atomic E-state index is 12.5. The summed E-state index contributed by atoms with van der Waals surface area (Å²) in [6, 6.07) is 1.78. The topological polar surface area (TPSA) is 88.8 Å². The third kappa shape index (κ3) is 3.59. The van der Waals surface area contributed by atoms with Crippen LogP contribution in [-0.4, -0.2) is 57.8 Å². The molecule has 0 aliphatic carbocycles. The Kier molecular flexibility index (Phi) is 4.48. The normalized spacial score (nSPS) is 27.9. The minimum atomic E-state index is -3.21. The van der Waals surface area contributed by atoms with Crippen LogP contribution in [0.3, 0.4) is 0 Å². The van der Waals surface area contributed by atoms with E-state index in [2.05, 4.69) is 4.72 Å². The van der Waals surface area contributed by atoms with Crippen molar-refractivity contribution in [3.63, 3.8) is 0 Å². The van der Waals surface area contributed by atoms with Gasteiger partial charge >= 0.3 is 0 Å². The third-order valence-corrected chi connectivity index (χ3v) is 5.38. The number of likely N-dealkylation sites (tertiary alicyclic amines) is 1. The van der Waals surface area contributed by atoms with Crippen molar-refractivity contribution in [1.82, 2.24) is 9.62 Å². The first-order valence-corrected chi connectivity index (χ1v) is 9.64. The van der Waals surface area contributed by atoms with E-state index in [1.807, 2.05) is 11.8 Å². The van der Waals surface area contributed by atoms with Crippen molar-refractivity contribution in [3.8, 4) is 0 Å². The molecule has 7 nitrogen and oxygen atoms in total. The van der Waals surface area contributed by atoms with E-state index in [1.54, 1.807) is 6.07 Å². The molecule has 3 heterocycles. The van der Waals surface area contributed by atoms with Crippen LogP contribution in [0.15, 0.2) is 16.7 Å². The average Bonchev–Trinajstić information content (AvgIpc) is 3.09. The molecule has 1 aromatic rings. The van der Waals surface area contributed by atoms with Crippen molar-refractivity contribution >= 4 is 15.9 Å². The number of hydrogen-bond acceptors (Lipinski definition) is 5. The summed E-state index contributed by atoms with van der Waals surface area (Å²) in [6.45, 7) is 3.97. The van der Waals surface area contributed by atoms with Crippen LogP contribution < -0.4 is 4.72 Å². The SMILES string of the molecule is Cc1ccoc1C(=O)N1CC[C@@H]2[C@@H](CO[C@@H]2CNS(C)(=O)=O)C1. The Morgan fingerprint density at radius 1 is 1.48 bits per heavy atom. The van der Waals surface area contributed by atoms with E-state index in [1.165, 1.54) is 6.26 Å². The molecule has 0 bridgehead atoms. The smallest absolute Gasteiger partial charge is 0.289 e. The lowest BCUT2D eigenvalue weighted by molar-refractivity contribution is 0.0585. The molecule has 128 valence electrons. The molecule has 2 saturated heterocycles. The van der Waals surface area contributed by atoms with Gasteiger partial charge < -0.3 is 14.1 Å². The number of ether oxygens (including phenoxy) is 1. The zero-order valence-corrected chi connectivity index (χ0v) is 14.1. The molecule has 1 aromatic heterocycles. The Hall–Kier alpha value is -1.38. The van der Waals surface area contributed by atoms with Gasteiger partial charge in [0.2, 0.25) is 10.0 Å². The molecular weight excluding hydrogens is 320 g/mol. The van der Waals surface area contributed by atoms with Crippen molar-refractivity contribution in [1.29, 1.82) is 0 Å². The fourth-order valence-corrected chi connectivity index (χ4v) is 3.92. The summed E-state index contributed by atoms with van der Waals surface area (Å²) in [4.78, 5) is 14.3. The Morgan fingerprint density at radius 2 is 2.26 bits per heavy atom. The van der Waals surface area contributed by atoms with Gasteiger partial charge in [-0.05, 0) is 25.3 Å². The molecule has 0 spiro atoms. The molecule has 3 rings (SSSR count). The van der Waals surface area contributed by atoms with Gasteiger partial charge in [0.25, 0.3) is 5.91 Å². The first-order valence-electron chi connectivity index (χ1n) is 7.75. The summed E-state index contributed by atoms with van der Waals surface area (Å²) in [6.07, 6.45) is 3.37. The number of nitrogens with zero attached hydrogens (tertiary/aromatic N) is 1. The molecule has 3 atom stereocenters. The molecule has 0 radical (unpaired) electrons. The zero-order chi connectivity index (χ0) is 16.6. The summed E-state index contributed by atoms with van der Waals surface area (Å²) >= 11 is 0. The highest BCUT2D eigenvalue weighted by atomic mass is 32.2. The molecule has 2 fully saturated rings. The second kappa shape index (κ2) is 6.26. The minimum absolute atomic E-state index is 0.0799. The average molecular weight is 342 g/mol. The van der Waals surface area contributed by atoms with Gasteiger partial charge in [-0.25, -0.2) is 13.1 Å². The summed E-state index contributed by atoms with van der Waals surface area (Å²) in [5, 5.41) is 0. The van der Waals surface area contributed by atoms with Crippen molar-refractivity contribution in [2.24, 2.45) is 11.8 Å². The van der Waals surface area contributed by atoms with Gasteiger partial charge in [-0.3, -0.25) is 4.79 Å². The maximum absolute atomic E-state index is 12.5. The number of hydrogen-bond donors (Lipinski definition) is 1. The minimum Gasteiger partial charge on any atom is -0.459 e. The number of amides is 1. The van der Waals surface area contributed by atoms with E-state index in [-0.39, 0.29) is 23.8 Å². The predicted molar refractivity (Wildman–Crippen MR) is 83.5 cm³/mol. The predicted octanol–water partition coefficient (Wildman–Crippen LogP) is 0.614. The van der Waals surface area contributed by atoms with Gasteiger partial charge in [-0.15, -0.1) is 0 Å². The Bertz CT molecular complexity index is 684. The van der Waals surface area contributed by atoms with Crippen LogP contribution in [0.25, 0.3) is 0 Å². The zero-order valence-electron chi connectivity index (χ0n) is 13.3. The second-order valence-corrected chi connectivity index (χ2v) is 8.22. The van der Waals surface area contributed by atoms with Crippen LogP contribution >= 0.6 is 0 Å². The number of fused-ring (bicyclic) bond motifs is 1. The van der Waals surface area contributed by atoms with Crippen LogP contribution in [0.5, 0.6) is 0 Å². The standard InChI is InChI=1S/C15H22N2O5S/c1-10-4-6-21-14(10)15(18)17-5-3-12-11(8-17)9-22-13(12)7-16-23(2,19)20/h4,6,11-13,16H,3,5,7-9H2,1-2H3/t11-,12-,13-/m1/s1. The van der Waals surface area contributed by atoms with Gasteiger partial charge in [-0.1, -0.05) is 0 Å². The number of carbonyl (C=O) groups is 1. The summed E-state index contributed by atoms with van der Waals surface area (Å²) in [7, 11) is -3.21. The molecule has 0 aromatic carbocycles. The Balaban J connectivity index is 1.60. The second-order valence-electron chi connectivity index (χ2n) is 6.39. The molecule has 1 amide bonds. The lowest BCUT2D eigenvalue weighted by Crippen LogP contribution is -2.46. The third-order valence-electron chi connectivity index (χ3n) is 4.68. The van der Waals surface area contributed by atoms with E-state index in [0.717, 1.165) is 18.2 Å². The Labute approximate surface area is 136 Å². The van der Waals surface area contributed by atoms with Gasteiger partial charge in [0.15, 0.2) is 5.76 Å². The highest BCUT2D eigenvalue weighted by Gasteiger charge is 2.42. The van der Waals surface area contributed by atoms with Crippen LogP contribution in [-0.2, 0) is 14.8 Å². The van der Waals surface area contributed by atoms with Crippen LogP contribution in [0.4, 0.5) is 0 Å². The van der Waals surface area contributed by atoms with Gasteiger partial charge in [0.05, 0.1) is 25.2 Å². The van der Waals surface area contributed by atoms with Crippen LogP contribution in [0, 0.1) is 18.8 Å². The van der Waals surface area contributed by atoms with Crippen molar-refractivity contribution in [2.45, 2.75) is 19.4 Å². The monoisotopic (exact) mass is 342 g/mol. The molecule has 2 aliphatic rings. The molecule has 1 N–H and O–H groups in total. The summed E-state index contributed by atoms with van der Waals surface area (Å²) in [5.41, 5.74) is 0.843. The number of furan rings is 1.